The van der Waals surface area contributed by atoms with Gasteiger partial charge in [0, 0.05) is 11.8 Å². The topological polar surface area (TPSA) is 38.7 Å². The molecule has 2 rings (SSSR count). The summed E-state index contributed by atoms with van der Waals surface area (Å²) in [6.45, 7) is -3.30. The number of benzene rings is 2. The Bertz CT molecular complexity index is 470. The molecule has 2 aromatic carbocycles. The molecule has 0 aliphatic rings. The van der Waals surface area contributed by atoms with Crippen LogP contribution in [0.15, 0.2) is 60.7 Å². The van der Waals surface area contributed by atoms with Gasteiger partial charge < -0.3 is 13.9 Å². The van der Waals surface area contributed by atoms with Crippen LogP contribution < -0.4 is 9.05 Å². The molecule has 0 aliphatic carbocycles. The fraction of sp³-hybridized carbons (Fsp3) is 0. The van der Waals surface area contributed by atoms with Crippen molar-refractivity contribution in [1.82, 2.24) is 0 Å². The smallest absolute Gasteiger partial charge is 0.416 e. The predicted octanol–water partition coefficient (Wildman–Crippen LogP) is 3.36. The van der Waals surface area contributed by atoms with E-state index in [4.69, 9.17) is 20.9 Å². The molecule has 0 atom stereocenters. The molecule has 0 saturated carbocycles. The molecule has 0 radical (unpaired) electrons. The van der Waals surface area contributed by atoms with Gasteiger partial charge in [-0.1, -0.05) is 36.4 Å². The number of hydrogen-bond donors (Lipinski definition) is 1. The highest BCUT2D eigenvalue weighted by atomic mass is 32.5. The molecule has 0 amide bonds. The lowest BCUT2D eigenvalue weighted by Crippen LogP contribution is -1.99. The van der Waals surface area contributed by atoms with Crippen molar-refractivity contribution in [2.45, 2.75) is 0 Å². The van der Waals surface area contributed by atoms with E-state index in [2.05, 4.69) is 0 Å². The van der Waals surface area contributed by atoms with Gasteiger partial charge in [-0.25, -0.2) is 0 Å². The Labute approximate surface area is 105 Å². The molecule has 0 spiro atoms. The summed E-state index contributed by atoms with van der Waals surface area (Å²) >= 11 is 4.93. The summed E-state index contributed by atoms with van der Waals surface area (Å²) in [7, 11) is 0. The van der Waals surface area contributed by atoms with Crippen molar-refractivity contribution in [1.29, 1.82) is 0 Å². The third kappa shape index (κ3) is 3.86. The highest BCUT2D eigenvalue weighted by Gasteiger charge is 2.18. The van der Waals surface area contributed by atoms with Gasteiger partial charge in [-0.15, -0.1) is 0 Å². The fourth-order valence-electron chi connectivity index (χ4n) is 1.25. The lowest BCUT2D eigenvalue weighted by molar-refractivity contribution is 0.377. The SMILES string of the molecule is OP(=S)(Oc1ccccc1)Oc1ccccc1. The van der Waals surface area contributed by atoms with Gasteiger partial charge >= 0.3 is 6.72 Å². The van der Waals surface area contributed by atoms with Crippen LogP contribution in [0.5, 0.6) is 11.5 Å². The van der Waals surface area contributed by atoms with Crippen molar-refractivity contribution in [3.05, 3.63) is 60.7 Å². The Morgan fingerprint density at radius 2 is 1.12 bits per heavy atom. The first-order valence-corrected chi connectivity index (χ1v) is 7.57. The van der Waals surface area contributed by atoms with E-state index < -0.39 is 6.72 Å². The van der Waals surface area contributed by atoms with E-state index >= 15 is 0 Å². The van der Waals surface area contributed by atoms with E-state index in [1.54, 1.807) is 48.5 Å². The fourth-order valence-corrected chi connectivity index (χ4v) is 2.58. The van der Waals surface area contributed by atoms with Gasteiger partial charge in [0.1, 0.15) is 11.5 Å². The molecule has 3 nitrogen and oxygen atoms in total. The van der Waals surface area contributed by atoms with Crippen LogP contribution in [0.1, 0.15) is 0 Å². The normalized spacial score (nSPS) is 10.9. The summed E-state index contributed by atoms with van der Waals surface area (Å²) in [5.41, 5.74) is 0. The van der Waals surface area contributed by atoms with Crippen LogP contribution in [0, 0.1) is 0 Å². The van der Waals surface area contributed by atoms with E-state index in [9.17, 15) is 4.89 Å². The molecule has 0 unspecified atom stereocenters. The molecule has 5 heteroatoms. The Balaban J connectivity index is 2.07. The van der Waals surface area contributed by atoms with E-state index in [0.717, 1.165) is 0 Å². The maximum absolute atomic E-state index is 9.90. The molecule has 0 saturated heterocycles. The molecule has 0 bridgehead atoms. The first-order valence-electron chi connectivity index (χ1n) is 4.98. The van der Waals surface area contributed by atoms with E-state index in [1.807, 2.05) is 12.1 Å². The molecule has 2 aromatic rings. The summed E-state index contributed by atoms with van der Waals surface area (Å²) in [6, 6.07) is 17.8. The average Bonchev–Trinajstić information content (AvgIpc) is 2.30. The van der Waals surface area contributed by atoms with Gasteiger partial charge in [0.2, 0.25) is 0 Å². The number of para-hydroxylation sites is 2. The second kappa shape index (κ2) is 5.32. The molecular weight excluding hydrogens is 255 g/mol. The van der Waals surface area contributed by atoms with Crippen molar-refractivity contribution in [3.8, 4) is 11.5 Å². The van der Waals surface area contributed by atoms with Crippen molar-refractivity contribution in [2.75, 3.05) is 0 Å². The minimum absolute atomic E-state index is 0.495. The monoisotopic (exact) mass is 266 g/mol. The molecule has 17 heavy (non-hydrogen) atoms. The lowest BCUT2D eigenvalue weighted by Gasteiger charge is -2.17. The molecular formula is C12H11O3PS. The van der Waals surface area contributed by atoms with Crippen LogP contribution in [0.25, 0.3) is 0 Å². The van der Waals surface area contributed by atoms with Crippen LogP contribution in [0.2, 0.25) is 0 Å². The van der Waals surface area contributed by atoms with Gasteiger partial charge in [0.25, 0.3) is 0 Å². The first-order chi connectivity index (χ1) is 8.16. The van der Waals surface area contributed by atoms with E-state index in [-0.39, 0.29) is 0 Å². The number of rotatable bonds is 4. The molecule has 0 aromatic heterocycles. The Kier molecular flexibility index (Phi) is 3.79. The molecule has 0 aliphatic heterocycles. The Morgan fingerprint density at radius 3 is 1.47 bits per heavy atom. The predicted molar refractivity (Wildman–Crippen MR) is 70.6 cm³/mol. The molecule has 0 fully saturated rings. The van der Waals surface area contributed by atoms with Gasteiger partial charge in [0.05, 0.1) is 0 Å². The number of hydrogen-bond acceptors (Lipinski definition) is 3. The maximum Gasteiger partial charge on any atom is 0.432 e. The molecule has 88 valence electrons. The van der Waals surface area contributed by atoms with Crippen molar-refractivity contribution in [2.24, 2.45) is 0 Å². The van der Waals surface area contributed by atoms with Crippen LogP contribution >= 0.6 is 6.72 Å². The van der Waals surface area contributed by atoms with E-state index in [1.165, 1.54) is 0 Å². The van der Waals surface area contributed by atoms with Gasteiger partial charge in [0.15, 0.2) is 0 Å². The average molecular weight is 266 g/mol. The van der Waals surface area contributed by atoms with Crippen molar-refractivity contribution >= 4 is 18.5 Å². The summed E-state index contributed by atoms with van der Waals surface area (Å²) in [5.74, 6) is 0.989. The standard InChI is InChI=1S/C12H11O3PS/c13-16(17,14-11-7-3-1-4-8-11)15-12-9-5-2-6-10-12/h1-10H,(H,13,17). The van der Waals surface area contributed by atoms with Crippen molar-refractivity contribution < 1.29 is 13.9 Å². The third-order valence-corrected chi connectivity index (χ3v) is 3.26. The Morgan fingerprint density at radius 1 is 0.765 bits per heavy atom. The largest absolute Gasteiger partial charge is 0.432 e. The zero-order chi connectivity index (χ0) is 12.1. The summed E-state index contributed by atoms with van der Waals surface area (Å²) in [5, 5.41) is 0. The maximum atomic E-state index is 9.90. The van der Waals surface area contributed by atoms with Gasteiger partial charge in [-0.05, 0) is 24.3 Å². The quantitative estimate of drug-likeness (QED) is 0.861. The molecule has 1 N–H and O–H groups in total. The lowest BCUT2D eigenvalue weighted by atomic mass is 10.3. The van der Waals surface area contributed by atoms with Gasteiger partial charge in [-0.3, -0.25) is 0 Å². The summed E-state index contributed by atoms with van der Waals surface area (Å²) in [4.78, 5) is 9.90. The minimum atomic E-state index is -3.30. The zero-order valence-corrected chi connectivity index (χ0v) is 10.6. The summed E-state index contributed by atoms with van der Waals surface area (Å²) in [6.07, 6.45) is 0. The zero-order valence-electron chi connectivity index (χ0n) is 8.89. The van der Waals surface area contributed by atoms with Crippen molar-refractivity contribution in [3.63, 3.8) is 0 Å². The second-order valence-electron chi connectivity index (χ2n) is 3.28. The minimum Gasteiger partial charge on any atom is -0.416 e. The third-order valence-electron chi connectivity index (χ3n) is 1.93. The second-order valence-corrected chi connectivity index (χ2v) is 5.96. The van der Waals surface area contributed by atoms with Crippen LogP contribution in [-0.2, 0) is 11.8 Å². The van der Waals surface area contributed by atoms with E-state index in [0.29, 0.717) is 11.5 Å². The van der Waals surface area contributed by atoms with Crippen LogP contribution in [-0.4, -0.2) is 4.89 Å². The Hall–Kier alpha value is -1.35. The van der Waals surface area contributed by atoms with Crippen LogP contribution in [0.4, 0.5) is 0 Å². The summed E-state index contributed by atoms with van der Waals surface area (Å²) < 4.78 is 10.5. The highest BCUT2D eigenvalue weighted by Crippen LogP contribution is 2.44. The molecule has 0 heterocycles. The first kappa shape index (κ1) is 12.1. The van der Waals surface area contributed by atoms with Crippen LogP contribution in [0.3, 0.4) is 0 Å². The highest BCUT2D eigenvalue weighted by molar-refractivity contribution is 8.07. The van der Waals surface area contributed by atoms with Gasteiger partial charge in [-0.2, -0.15) is 0 Å².